The van der Waals surface area contributed by atoms with Crippen LogP contribution in [0.2, 0.25) is 0 Å². The van der Waals surface area contributed by atoms with Crippen molar-refractivity contribution in [1.29, 1.82) is 0 Å². The number of nitrogen functional groups attached to an aromatic ring is 1. The molecule has 0 saturated heterocycles. The number of pyridine rings is 1. The maximum Gasteiger partial charge on any atom is 0.311 e. The number of aromatic nitrogens is 1. The van der Waals surface area contributed by atoms with Gasteiger partial charge in [-0.25, -0.2) is 4.98 Å². The summed E-state index contributed by atoms with van der Waals surface area (Å²) in [5.74, 6) is 0.583. The van der Waals surface area contributed by atoms with Crippen molar-refractivity contribution in [3.8, 4) is 0 Å². The van der Waals surface area contributed by atoms with Crippen LogP contribution in [0.4, 0.5) is 17.3 Å². The molecule has 0 aliphatic heterocycles. The molecule has 2 aromatic heterocycles. The Morgan fingerprint density at radius 1 is 1.50 bits per heavy atom. The van der Waals surface area contributed by atoms with Crippen LogP contribution in [0.1, 0.15) is 11.8 Å². The van der Waals surface area contributed by atoms with Gasteiger partial charge in [-0.05, 0) is 24.4 Å². The minimum Gasteiger partial charge on any atom is -0.384 e. The van der Waals surface area contributed by atoms with Gasteiger partial charge in [-0.15, -0.1) is 11.3 Å². The smallest absolute Gasteiger partial charge is 0.311 e. The third kappa shape index (κ3) is 3.05. The molecule has 2 N–H and O–H groups in total. The standard InChI is InChI=1S/C13H16N4O2S/c1-9(8-10-4-3-7-20-10)16(2)13-11(17(18)19)5-6-12(14)15-13/h3-7,9H,8H2,1-2H3,(H2,14,15). The molecule has 7 heteroatoms. The van der Waals surface area contributed by atoms with Crippen LogP contribution in [0.3, 0.4) is 0 Å². The van der Waals surface area contributed by atoms with E-state index in [2.05, 4.69) is 11.1 Å². The molecule has 0 spiro atoms. The molecule has 1 unspecified atom stereocenters. The largest absolute Gasteiger partial charge is 0.384 e. The highest BCUT2D eigenvalue weighted by molar-refractivity contribution is 7.09. The van der Waals surface area contributed by atoms with Crippen LogP contribution >= 0.6 is 11.3 Å². The third-order valence-electron chi connectivity index (χ3n) is 3.14. The summed E-state index contributed by atoms with van der Waals surface area (Å²) in [5, 5.41) is 13.1. The first kappa shape index (κ1) is 14.3. The van der Waals surface area contributed by atoms with Crippen LogP contribution in [0.15, 0.2) is 29.6 Å². The molecule has 0 saturated carbocycles. The third-order valence-corrected chi connectivity index (χ3v) is 4.04. The van der Waals surface area contributed by atoms with E-state index >= 15 is 0 Å². The highest BCUT2D eigenvalue weighted by Crippen LogP contribution is 2.28. The van der Waals surface area contributed by atoms with Crippen LogP contribution in [0, 0.1) is 10.1 Å². The average molecular weight is 292 g/mol. The molecule has 106 valence electrons. The zero-order valence-corrected chi connectivity index (χ0v) is 12.1. The van der Waals surface area contributed by atoms with E-state index in [-0.39, 0.29) is 17.5 Å². The topological polar surface area (TPSA) is 85.3 Å². The van der Waals surface area contributed by atoms with Crippen molar-refractivity contribution in [3.05, 3.63) is 44.6 Å². The Labute approximate surface area is 121 Å². The van der Waals surface area contributed by atoms with Gasteiger partial charge in [-0.3, -0.25) is 10.1 Å². The van der Waals surface area contributed by atoms with E-state index in [4.69, 9.17) is 5.73 Å². The van der Waals surface area contributed by atoms with Crippen molar-refractivity contribution in [2.45, 2.75) is 19.4 Å². The second kappa shape index (κ2) is 5.87. The molecule has 0 aliphatic rings. The van der Waals surface area contributed by atoms with Gasteiger partial charge in [0.1, 0.15) is 5.82 Å². The number of hydrogen-bond acceptors (Lipinski definition) is 6. The highest BCUT2D eigenvalue weighted by atomic mass is 32.1. The second-order valence-electron chi connectivity index (χ2n) is 4.58. The minimum absolute atomic E-state index is 0.0280. The fourth-order valence-corrected chi connectivity index (χ4v) is 2.75. The lowest BCUT2D eigenvalue weighted by molar-refractivity contribution is -0.384. The van der Waals surface area contributed by atoms with Gasteiger partial charge < -0.3 is 10.6 Å². The predicted octanol–water partition coefficient (Wildman–Crippen LogP) is 2.70. The van der Waals surface area contributed by atoms with Crippen LogP contribution in [-0.2, 0) is 6.42 Å². The van der Waals surface area contributed by atoms with Gasteiger partial charge in [0.05, 0.1) is 4.92 Å². The Hall–Kier alpha value is -2.15. The predicted molar refractivity (Wildman–Crippen MR) is 81.2 cm³/mol. The van der Waals surface area contributed by atoms with Crippen molar-refractivity contribution in [2.24, 2.45) is 0 Å². The van der Waals surface area contributed by atoms with E-state index in [9.17, 15) is 10.1 Å². The summed E-state index contributed by atoms with van der Waals surface area (Å²) in [6, 6.07) is 6.97. The Kier molecular flexibility index (Phi) is 4.19. The zero-order valence-electron chi connectivity index (χ0n) is 11.3. The molecule has 0 aromatic carbocycles. The first-order valence-corrected chi connectivity index (χ1v) is 7.03. The minimum atomic E-state index is -0.434. The van der Waals surface area contributed by atoms with E-state index < -0.39 is 4.92 Å². The molecular weight excluding hydrogens is 276 g/mol. The van der Waals surface area contributed by atoms with Gasteiger partial charge in [0.15, 0.2) is 0 Å². The molecule has 0 bridgehead atoms. The summed E-state index contributed by atoms with van der Waals surface area (Å²) in [6.45, 7) is 2.01. The van der Waals surface area contributed by atoms with Gasteiger partial charge in [0, 0.05) is 30.5 Å². The molecular formula is C13H16N4O2S. The number of nitrogens with two attached hydrogens (primary N) is 1. The second-order valence-corrected chi connectivity index (χ2v) is 5.61. The highest BCUT2D eigenvalue weighted by Gasteiger charge is 2.22. The molecule has 0 fully saturated rings. The maximum atomic E-state index is 11.1. The van der Waals surface area contributed by atoms with Crippen LogP contribution in [0.5, 0.6) is 0 Å². The first-order valence-electron chi connectivity index (χ1n) is 6.15. The summed E-state index contributed by atoms with van der Waals surface area (Å²) in [7, 11) is 1.80. The molecule has 6 nitrogen and oxygen atoms in total. The molecule has 0 amide bonds. The Morgan fingerprint density at radius 2 is 2.25 bits per heavy atom. The Bertz CT molecular complexity index is 600. The lowest BCUT2D eigenvalue weighted by atomic mass is 10.2. The van der Waals surface area contributed by atoms with E-state index in [0.29, 0.717) is 5.82 Å². The molecule has 0 aliphatic carbocycles. The van der Waals surface area contributed by atoms with Crippen LogP contribution < -0.4 is 10.6 Å². The van der Waals surface area contributed by atoms with Crippen molar-refractivity contribution in [2.75, 3.05) is 17.7 Å². The van der Waals surface area contributed by atoms with Gasteiger partial charge >= 0.3 is 5.69 Å². The molecule has 2 rings (SSSR count). The normalized spacial score (nSPS) is 12.1. The van der Waals surface area contributed by atoms with Crippen molar-refractivity contribution in [1.82, 2.24) is 4.98 Å². The van der Waals surface area contributed by atoms with Gasteiger partial charge in [0.25, 0.3) is 0 Å². The zero-order chi connectivity index (χ0) is 14.7. The fraction of sp³-hybridized carbons (Fsp3) is 0.308. The number of hydrogen-bond donors (Lipinski definition) is 1. The number of likely N-dealkylation sites (N-methyl/N-ethyl adjacent to an activating group) is 1. The van der Waals surface area contributed by atoms with Crippen molar-refractivity contribution < 1.29 is 4.92 Å². The first-order chi connectivity index (χ1) is 9.49. The monoisotopic (exact) mass is 292 g/mol. The van der Waals surface area contributed by atoms with Crippen LogP contribution in [-0.4, -0.2) is 23.0 Å². The lowest BCUT2D eigenvalue weighted by Gasteiger charge is -2.25. The molecule has 1 atom stereocenters. The maximum absolute atomic E-state index is 11.1. The Balaban J connectivity index is 2.25. The summed E-state index contributed by atoms with van der Waals surface area (Å²) in [4.78, 5) is 17.8. The summed E-state index contributed by atoms with van der Waals surface area (Å²) in [6.07, 6.45) is 0.807. The van der Waals surface area contributed by atoms with Crippen molar-refractivity contribution in [3.63, 3.8) is 0 Å². The van der Waals surface area contributed by atoms with E-state index in [1.54, 1.807) is 23.3 Å². The number of thiophene rings is 1. The number of rotatable bonds is 5. The molecule has 20 heavy (non-hydrogen) atoms. The fourth-order valence-electron chi connectivity index (χ4n) is 1.92. The lowest BCUT2D eigenvalue weighted by Crippen LogP contribution is -2.31. The number of nitro groups is 1. The SMILES string of the molecule is CC(Cc1cccs1)N(C)c1nc(N)ccc1[N+](=O)[O-]. The Morgan fingerprint density at radius 3 is 2.85 bits per heavy atom. The average Bonchev–Trinajstić information content (AvgIpc) is 2.90. The number of anilines is 2. The van der Waals surface area contributed by atoms with Gasteiger partial charge in [-0.1, -0.05) is 6.07 Å². The molecule has 2 heterocycles. The van der Waals surface area contributed by atoms with Gasteiger partial charge in [0.2, 0.25) is 5.82 Å². The molecule has 0 radical (unpaired) electrons. The van der Waals surface area contributed by atoms with E-state index in [1.165, 1.54) is 17.0 Å². The summed E-state index contributed by atoms with van der Waals surface area (Å²) in [5.41, 5.74) is 5.62. The summed E-state index contributed by atoms with van der Waals surface area (Å²) >= 11 is 1.67. The van der Waals surface area contributed by atoms with E-state index in [1.807, 2.05) is 18.4 Å². The van der Waals surface area contributed by atoms with E-state index in [0.717, 1.165) is 6.42 Å². The quantitative estimate of drug-likeness (QED) is 0.676. The number of nitrogens with zero attached hydrogens (tertiary/aromatic N) is 3. The molecule has 2 aromatic rings. The van der Waals surface area contributed by atoms with Crippen molar-refractivity contribution >= 4 is 28.7 Å². The summed E-state index contributed by atoms with van der Waals surface area (Å²) < 4.78 is 0. The van der Waals surface area contributed by atoms with Gasteiger partial charge in [-0.2, -0.15) is 0 Å². The van der Waals surface area contributed by atoms with Crippen LogP contribution in [0.25, 0.3) is 0 Å².